The fourth-order valence-electron chi connectivity index (χ4n) is 0.684. The van der Waals surface area contributed by atoms with Crippen molar-refractivity contribution in [3.63, 3.8) is 0 Å². The van der Waals surface area contributed by atoms with Gasteiger partial charge in [0.25, 0.3) is 0 Å². The fraction of sp³-hybridized carbons (Fsp3) is 0.111. The molecule has 2 nitrogen and oxygen atoms in total. The maximum Gasteiger partial charge on any atom is 0.146 e. The second-order valence-corrected chi connectivity index (χ2v) is 2.85. The van der Waals surface area contributed by atoms with E-state index in [1.165, 1.54) is 0 Å². The lowest BCUT2D eigenvalue weighted by Gasteiger charge is -1.93. The first-order chi connectivity index (χ1) is 6.24. The van der Waals surface area contributed by atoms with Crippen molar-refractivity contribution >= 4 is 23.2 Å². The van der Waals surface area contributed by atoms with Crippen molar-refractivity contribution in [2.45, 2.75) is 6.42 Å². The van der Waals surface area contributed by atoms with Gasteiger partial charge >= 0.3 is 0 Å². The molecule has 0 bridgehead atoms. The minimum Gasteiger partial charge on any atom is -0.223 e. The average Bonchev–Trinajstić information content (AvgIpc) is 2.09. The molecular weight excluding hydrogens is 207 g/mol. The topological polar surface area (TPSA) is 36.7 Å². The third-order valence-corrected chi connectivity index (χ3v) is 1.70. The molecule has 0 radical (unpaired) electrons. The number of pyridine rings is 1. The van der Waals surface area contributed by atoms with E-state index < -0.39 is 0 Å². The molecule has 0 N–H and O–H groups in total. The summed E-state index contributed by atoms with van der Waals surface area (Å²) in [5.74, 6) is 5.35. The summed E-state index contributed by atoms with van der Waals surface area (Å²) in [5.41, 5.74) is 0.585. The molecule has 0 fully saturated rings. The van der Waals surface area contributed by atoms with Crippen molar-refractivity contribution in [1.82, 2.24) is 4.98 Å². The Labute approximate surface area is 86.1 Å². The Morgan fingerprint density at radius 1 is 1.38 bits per heavy atom. The molecule has 0 saturated heterocycles. The molecule has 0 aromatic carbocycles. The highest BCUT2D eigenvalue weighted by molar-refractivity contribution is 6.33. The van der Waals surface area contributed by atoms with Crippen LogP contribution in [0.2, 0.25) is 10.3 Å². The zero-order chi connectivity index (χ0) is 9.68. The largest absolute Gasteiger partial charge is 0.223 e. The number of hydrogen-bond donors (Lipinski definition) is 0. The van der Waals surface area contributed by atoms with E-state index in [0.29, 0.717) is 10.7 Å². The third kappa shape index (κ3) is 2.95. The lowest BCUT2D eigenvalue weighted by Crippen LogP contribution is -1.82. The lowest BCUT2D eigenvalue weighted by molar-refractivity contribution is 1.31. The highest BCUT2D eigenvalue weighted by atomic mass is 35.5. The van der Waals surface area contributed by atoms with Crippen molar-refractivity contribution in [3.05, 3.63) is 28.0 Å². The highest BCUT2D eigenvalue weighted by Crippen LogP contribution is 2.15. The van der Waals surface area contributed by atoms with Gasteiger partial charge in [0, 0.05) is 0 Å². The van der Waals surface area contributed by atoms with Gasteiger partial charge in [-0.3, -0.25) is 0 Å². The van der Waals surface area contributed by atoms with E-state index in [0.717, 1.165) is 0 Å². The molecule has 0 unspecified atom stereocenters. The van der Waals surface area contributed by atoms with Crippen LogP contribution in [0, 0.1) is 23.2 Å². The molecule has 0 aliphatic carbocycles. The van der Waals surface area contributed by atoms with E-state index in [9.17, 15) is 0 Å². The summed E-state index contributed by atoms with van der Waals surface area (Å²) in [6.07, 6.45) is 0.180. The van der Waals surface area contributed by atoms with Gasteiger partial charge in [0.1, 0.15) is 10.3 Å². The lowest BCUT2D eigenvalue weighted by atomic mass is 10.3. The van der Waals surface area contributed by atoms with Gasteiger partial charge in [0.2, 0.25) is 0 Å². The first kappa shape index (κ1) is 9.86. The molecule has 0 spiro atoms. The molecule has 1 rings (SSSR count). The zero-order valence-electron chi connectivity index (χ0n) is 6.51. The summed E-state index contributed by atoms with van der Waals surface area (Å²) in [5, 5.41) is 8.83. The van der Waals surface area contributed by atoms with Crippen molar-refractivity contribution < 1.29 is 0 Å². The molecule has 0 aliphatic heterocycles. The van der Waals surface area contributed by atoms with Gasteiger partial charge in [-0.05, 0) is 12.1 Å². The maximum absolute atomic E-state index is 8.24. The molecule has 13 heavy (non-hydrogen) atoms. The summed E-state index contributed by atoms with van der Waals surface area (Å²) in [7, 11) is 0. The van der Waals surface area contributed by atoms with Crippen molar-refractivity contribution in [2.75, 3.05) is 0 Å². The molecule has 4 heteroatoms. The molecule has 64 valence electrons. The average molecular weight is 211 g/mol. The van der Waals surface area contributed by atoms with Crippen LogP contribution in [0.1, 0.15) is 12.0 Å². The monoisotopic (exact) mass is 210 g/mol. The summed E-state index contributed by atoms with van der Waals surface area (Å²) >= 11 is 11.3. The van der Waals surface area contributed by atoms with Gasteiger partial charge in [-0.25, -0.2) is 4.98 Å². The van der Waals surface area contributed by atoms with Gasteiger partial charge < -0.3 is 0 Å². The van der Waals surface area contributed by atoms with E-state index in [4.69, 9.17) is 28.5 Å². The number of nitrogens with zero attached hydrogens (tertiary/aromatic N) is 2. The molecule has 1 aromatic rings. The maximum atomic E-state index is 8.24. The van der Waals surface area contributed by atoms with Gasteiger partial charge in [0.05, 0.1) is 18.1 Å². The van der Waals surface area contributed by atoms with Crippen LogP contribution in [0.3, 0.4) is 0 Å². The highest BCUT2D eigenvalue weighted by Gasteiger charge is 1.98. The molecule has 1 heterocycles. The minimum absolute atomic E-state index is 0.180. The summed E-state index contributed by atoms with van der Waals surface area (Å²) in [6, 6.07) is 5.18. The summed E-state index contributed by atoms with van der Waals surface area (Å²) in [4.78, 5) is 3.80. The smallest absolute Gasteiger partial charge is 0.146 e. The number of rotatable bonds is 0. The zero-order valence-corrected chi connectivity index (χ0v) is 8.02. The first-order valence-corrected chi connectivity index (χ1v) is 4.17. The van der Waals surface area contributed by atoms with E-state index in [1.807, 2.05) is 6.07 Å². The van der Waals surface area contributed by atoms with Crippen molar-refractivity contribution in [1.29, 1.82) is 5.26 Å². The number of halogens is 2. The Kier molecular flexibility index (Phi) is 3.58. The Morgan fingerprint density at radius 3 is 2.77 bits per heavy atom. The quantitative estimate of drug-likeness (QED) is 0.488. The first-order valence-electron chi connectivity index (χ1n) is 3.42. The summed E-state index contributed by atoms with van der Waals surface area (Å²) < 4.78 is 0. The van der Waals surface area contributed by atoms with Crippen molar-refractivity contribution in [2.24, 2.45) is 0 Å². The van der Waals surface area contributed by atoms with Crippen LogP contribution in [0.5, 0.6) is 0 Å². The number of hydrogen-bond acceptors (Lipinski definition) is 2. The van der Waals surface area contributed by atoms with Crippen LogP contribution in [0.25, 0.3) is 0 Å². The standard InChI is InChI=1S/C9H4Cl2N2/c10-8-5-4-7(9(11)13-8)3-1-2-6-12/h4-5H,2H2. The summed E-state index contributed by atoms with van der Waals surface area (Å²) in [6.45, 7) is 0. The van der Waals surface area contributed by atoms with E-state index >= 15 is 0 Å². The van der Waals surface area contributed by atoms with E-state index in [-0.39, 0.29) is 11.6 Å². The van der Waals surface area contributed by atoms with Crippen LogP contribution in [0.4, 0.5) is 0 Å². The molecule has 0 aliphatic rings. The van der Waals surface area contributed by atoms with Gasteiger partial charge in [-0.15, -0.1) is 0 Å². The fourth-order valence-corrected chi connectivity index (χ4v) is 1.08. The predicted octanol–water partition coefficient (Wildman–Crippen LogP) is 2.65. The molecular formula is C9H4Cl2N2. The molecule has 0 amide bonds. The Hall–Kier alpha value is -1.22. The normalized spacial score (nSPS) is 8.38. The van der Waals surface area contributed by atoms with Crippen LogP contribution in [-0.2, 0) is 0 Å². The third-order valence-electron chi connectivity index (χ3n) is 1.21. The predicted molar refractivity (Wildman–Crippen MR) is 51.4 cm³/mol. The van der Waals surface area contributed by atoms with Crippen LogP contribution in [-0.4, -0.2) is 4.98 Å². The minimum atomic E-state index is 0.180. The Morgan fingerprint density at radius 2 is 2.15 bits per heavy atom. The van der Waals surface area contributed by atoms with Crippen LogP contribution in [0.15, 0.2) is 12.1 Å². The van der Waals surface area contributed by atoms with Crippen LogP contribution >= 0.6 is 23.2 Å². The van der Waals surface area contributed by atoms with E-state index in [1.54, 1.807) is 12.1 Å². The second kappa shape index (κ2) is 4.72. The van der Waals surface area contributed by atoms with E-state index in [2.05, 4.69) is 16.8 Å². The van der Waals surface area contributed by atoms with Crippen molar-refractivity contribution in [3.8, 4) is 17.9 Å². The van der Waals surface area contributed by atoms with Gasteiger partial charge in [-0.1, -0.05) is 35.0 Å². The molecule has 1 aromatic heterocycles. The van der Waals surface area contributed by atoms with Crippen LogP contribution < -0.4 is 0 Å². The Bertz CT molecular complexity index is 410. The second-order valence-electron chi connectivity index (χ2n) is 2.11. The SMILES string of the molecule is N#CCC#Cc1ccc(Cl)nc1Cl. The van der Waals surface area contributed by atoms with Gasteiger partial charge in [-0.2, -0.15) is 5.26 Å². The molecule has 0 atom stereocenters. The molecule has 0 saturated carbocycles. The number of nitriles is 1. The Balaban J connectivity index is 2.93. The van der Waals surface area contributed by atoms with Gasteiger partial charge in [0.15, 0.2) is 0 Å². The number of aromatic nitrogens is 1.